The Bertz CT molecular complexity index is 1960. The van der Waals surface area contributed by atoms with Gasteiger partial charge in [0.05, 0.1) is 23.5 Å². The molecule has 4 heteroatoms. The minimum atomic E-state index is 0.205. The molecular weight excluding hydrogens is 458 g/mol. The molecule has 2 atom stereocenters. The summed E-state index contributed by atoms with van der Waals surface area (Å²) < 4.78 is 0. The molecule has 5 aromatic rings. The molecule has 2 nitrogen and oxygen atoms in total. The van der Waals surface area contributed by atoms with E-state index in [0.29, 0.717) is 13.4 Å². The maximum atomic E-state index is 2.70. The molecule has 5 aromatic carbocycles. The molecule has 0 fully saturated rings. The van der Waals surface area contributed by atoms with Gasteiger partial charge in [-0.2, -0.15) is 0 Å². The quantitative estimate of drug-likeness (QED) is 0.308. The fourth-order valence-electron chi connectivity index (χ4n) is 8.07. The van der Waals surface area contributed by atoms with Crippen molar-refractivity contribution in [1.82, 2.24) is 0 Å². The molecule has 0 spiro atoms. The molecule has 0 bridgehead atoms. The molecule has 1 aliphatic carbocycles. The van der Waals surface area contributed by atoms with Crippen molar-refractivity contribution in [2.45, 2.75) is 25.7 Å². The average Bonchev–Trinajstić information content (AvgIpc) is 2.97. The topological polar surface area (TPSA) is 6.48 Å². The summed E-state index contributed by atoms with van der Waals surface area (Å²) in [5, 5.41) is 5.46. The number of fused-ring (bicyclic) bond motifs is 9. The van der Waals surface area contributed by atoms with Gasteiger partial charge in [-0.3, -0.25) is 0 Å². The highest BCUT2D eigenvalue weighted by Gasteiger charge is 2.51. The summed E-state index contributed by atoms with van der Waals surface area (Å²) in [7, 11) is 0. The number of anilines is 4. The molecular formula is C34H26B2N2. The third kappa shape index (κ3) is 2.42. The monoisotopic (exact) mass is 484 g/mol. The third-order valence-corrected chi connectivity index (χ3v) is 9.61. The lowest BCUT2D eigenvalue weighted by Crippen LogP contribution is -2.67. The molecule has 38 heavy (non-hydrogen) atoms. The van der Waals surface area contributed by atoms with Crippen LogP contribution in [0.15, 0.2) is 103 Å². The molecule has 3 heterocycles. The number of benzene rings is 5. The number of rotatable bonds is 0. The van der Waals surface area contributed by atoms with E-state index in [-0.39, 0.29) is 12.1 Å². The largest absolute Gasteiger partial charge is 0.331 e. The molecule has 178 valence electrons. The number of para-hydroxylation sites is 2. The molecule has 9 rings (SSSR count). The summed E-state index contributed by atoms with van der Waals surface area (Å²) in [5.41, 5.74) is 11.3. The van der Waals surface area contributed by atoms with Crippen LogP contribution in [-0.2, 0) is 0 Å². The zero-order valence-corrected chi connectivity index (χ0v) is 21.6. The lowest BCUT2D eigenvalue weighted by Gasteiger charge is -2.56. The zero-order valence-electron chi connectivity index (χ0n) is 21.6. The number of hydrogen-bond acceptors (Lipinski definition) is 2. The Hall–Kier alpha value is -4.17. The molecule has 2 unspecified atom stereocenters. The van der Waals surface area contributed by atoms with E-state index < -0.39 is 0 Å². The van der Waals surface area contributed by atoms with Gasteiger partial charge in [-0.1, -0.05) is 121 Å². The van der Waals surface area contributed by atoms with Crippen LogP contribution in [0.4, 0.5) is 22.7 Å². The van der Waals surface area contributed by atoms with Crippen LogP contribution < -0.4 is 36.6 Å². The van der Waals surface area contributed by atoms with Gasteiger partial charge in [0.1, 0.15) is 0 Å². The van der Waals surface area contributed by atoms with Gasteiger partial charge in [0.25, 0.3) is 0 Å². The van der Waals surface area contributed by atoms with Gasteiger partial charge in [0, 0.05) is 11.4 Å². The molecule has 0 saturated carbocycles. The molecule has 0 aromatic heterocycles. The van der Waals surface area contributed by atoms with Crippen LogP contribution in [0.3, 0.4) is 0 Å². The highest BCUT2D eigenvalue weighted by Crippen LogP contribution is 2.51. The van der Waals surface area contributed by atoms with Crippen LogP contribution in [-0.4, -0.2) is 25.5 Å². The Balaban J connectivity index is 1.50. The lowest BCUT2D eigenvalue weighted by molar-refractivity contribution is 0.675. The average molecular weight is 484 g/mol. The van der Waals surface area contributed by atoms with E-state index in [1.807, 2.05) is 0 Å². The zero-order chi connectivity index (χ0) is 25.1. The summed E-state index contributed by atoms with van der Waals surface area (Å²) in [5.74, 6) is 0. The van der Waals surface area contributed by atoms with E-state index in [2.05, 4.69) is 133 Å². The minimum Gasteiger partial charge on any atom is -0.331 e. The van der Waals surface area contributed by atoms with Crippen LogP contribution in [0.2, 0.25) is 13.6 Å². The van der Waals surface area contributed by atoms with Crippen molar-refractivity contribution in [2.24, 2.45) is 0 Å². The highest BCUT2D eigenvalue weighted by atomic mass is 15.3. The predicted octanol–water partition coefficient (Wildman–Crippen LogP) is 3.95. The minimum absolute atomic E-state index is 0.205. The number of hydrogen-bond donors (Lipinski definition) is 0. The molecule has 0 radical (unpaired) electrons. The van der Waals surface area contributed by atoms with Gasteiger partial charge in [-0.25, -0.2) is 0 Å². The summed E-state index contributed by atoms with van der Waals surface area (Å²) in [6, 6.07) is 39.2. The van der Waals surface area contributed by atoms with E-state index in [4.69, 9.17) is 0 Å². The van der Waals surface area contributed by atoms with Gasteiger partial charge in [0.15, 0.2) is 0 Å². The smallest absolute Gasteiger partial charge is 0.212 e. The van der Waals surface area contributed by atoms with Gasteiger partial charge in [-0.15, -0.1) is 0 Å². The van der Waals surface area contributed by atoms with Crippen molar-refractivity contribution in [3.63, 3.8) is 0 Å². The Labute approximate surface area is 223 Å². The normalized spacial score (nSPS) is 19.8. The summed E-state index contributed by atoms with van der Waals surface area (Å²) >= 11 is 0. The first-order valence-corrected chi connectivity index (χ1v) is 13.9. The predicted molar refractivity (Wildman–Crippen MR) is 164 cm³/mol. The first kappa shape index (κ1) is 20.8. The van der Waals surface area contributed by atoms with E-state index >= 15 is 0 Å². The van der Waals surface area contributed by atoms with E-state index in [1.54, 1.807) is 5.47 Å². The summed E-state index contributed by atoms with van der Waals surface area (Å²) in [6.07, 6.45) is 2.55. The van der Waals surface area contributed by atoms with Crippen LogP contribution in [0, 0.1) is 0 Å². The molecule has 3 aliphatic heterocycles. The first-order valence-electron chi connectivity index (χ1n) is 13.9. The van der Waals surface area contributed by atoms with E-state index in [0.717, 1.165) is 0 Å². The lowest BCUT2D eigenvalue weighted by atomic mass is 9.36. The van der Waals surface area contributed by atoms with Crippen molar-refractivity contribution in [2.75, 3.05) is 9.80 Å². The maximum Gasteiger partial charge on any atom is 0.212 e. The maximum absolute atomic E-state index is 2.70. The van der Waals surface area contributed by atoms with Crippen molar-refractivity contribution in [3.05, 3.63) is 114 Å². The van der Waals surface area contributed by atoms with Crippen molar-refractivity contribution in [1.29, 1.82) is 0 Å². The fourth-order valence-corrected chi connectivity index (χ4v) is 8.07. The summed E-state index contributed by atoms with van der Waals surface area (Å²) in [4.78, 5) is 5.40. The van der Waals surface area contributed by atoms with Crippen LogP contribution >= 0.6 is 0 Å². The molecule has 0 saturated heterocycles. The van der Waals surface area contributed by atoms with Gasteiger partial charge in [0.2, 0.25) is 13.4 Å². The fraction of sp³-hybridized carbons (Fsp3) is 0.118. The summed E-state index contributed by atoms with van der Waals surface area (Å²) in [6.45, 7) is 5.48. The standard InChI is InChI=1S/C34H26B2N2/c1-35-25-15-7-9-17-27(25)37-30-20-22-12-4-6-14-24(22)32-34(30)38(28-18-10-8-16-26(28)36(32)2)29-19-21-11-3-5-13-23(21)31(35)33(29)37/h3-20,29,33H,1-2H3. The Kier molecular flexibility index (Phi) is 3.96. The number of nitrogens with zero attached hydrogens (tertiary/aromatic N) is 2. The Morgan fingerprint density at radius 1 is 0.632 bits per heavy atom. The van der Waals surface area contributed by atoms with Gasteiger partial charge < -0.3 is 9.80 Å². The van der Waals surface area contributed by atoms with Crippen LogP contribution in [0.5, 0.6) is 0 Å². The molecule has 4 aliphatic rings. The van der Waals surface area contributed by atoms with Crippen LogP contribution in [0.1, 0.15) is 0 Å². The highest BCUT2D eigenvalue weighted by molar-refractivity contribution is 6.90. The van der Waals surface area contributed by atoms with Crippen LogP contribution in [0.25, 0.3) is 22.3 Å². The van der Waals surface area contributed by atoms with Crippen molar-refractivity contribution >= 4 is 74.9 Å². The van der Waals surface area contributed by atoms with Gasteiger partial charge in [-0.05, 0) is 44.9 Å². The van der Waals surface area contributed by atoms with Crippen molar-refractivity contribution in [3.8, 4) is 0 Å². The first-order chi connectivity index (χ1) is 18.7. The Morgan fingerprint density at radius 2 is 1.29 bits per heavy atom. The second kappa shape index (κ2) is 7.23. The molecule has 0 N–H and O–H groups in total. The molecule has 0 amide bonds. The third-order valence-electron chi connectivity index (χ3n) is 9.61. The van der Waals surface area contributed by atoms with E-state index in [9.17, 15) is 0 Å². The van der Waals surface area contributed by atoms with Crippen molar-refractivity contribution < 1.29 is 0 Å². The second-order valence-electron chi connectivity index (χ2n) is 11.3. The second-order valence-corrected chi connectivity index (χ2v) is 11.3. The SMILES string of the molecule is CB1C2=c3ccccc3=CC3C2N(c2ccccc21)c1cc2ccccc2c2c1N3c1ccccc1B2C. The Morgan fingerprint density at radius 3 is 2.13 bits per heavy atom. The van der Waals surface area contributed by atoms with E-state index in [1.165, 1.54) is 60.3 Å². The van der Waals surface area contributed by atoms with Gasteiger partial charge >= 0.3 is 0 Å².